The fourth-order valence-electron chi connectivity index (χ4n) is 6.79. The molecule has 0 spiro atoms. The Morgan fingerprint density at radius 1 is 0.814 bits per heavy atom. The van der Waals surface area contributed by atoms with Crippen molar-refractivity contribution >= 4 is 60.0 Å². The summed E-state index contributed by atoms with van der Waals surface area (Å²) in [6, 6.07) is 33.1. The van der Waals surface area contributed by atoms with Crippen molar-refractivity contribution in [3.05, 3.63) is 143 Å². The topological polar surface area (TPSA) is 12.4 Å². The van der Waals surface area contributed by atoms with E-state index in [4.69, 9.17) is 16.6 Å². The molecule has 0 amide bonds. The minimum absolute atomic E-state index is 0.00645. The molecule has 3 heteroatoms. The molecule has 2 heterocycles. The van der Waals surface area contributed by atoms with E-state index in [1.165, 1.54) is 48.0 Å². The summed E-state index contributed by atoms with van der Waals surface area (Å²) >= 11 is 8.96. The number of hydrogen-bond acceptors (Lipinski definition) is 2. The SMILES string of the molecule is CC[C@H]1/C(c2ccc(C3=CCCC=C3)cc2)=C/CC(C)C(c2cc3sc4ccccc4c3cc2Cl)=NC1c1ccccc1. The maximum Gasteiger partial charge on any atom is 0.0821 e. The zero-order chi connectivity index (χ0) is 29.3. The lowest BCUT2D eigenvalue weighted by Gasteiger charge is -2.31. The first-order valence-electron chi connectivity index (χ1n) is 15.5. The van der Waals surface area contributed by atoms with Crippen molar-refractivity contribution in [1.82, 2.24) is 0 Å². The van der Waals surface area contributed by atoms with Crippen molar-refractivity contribution in [2.75, 3.05) is 0 Å². The van der Waals surface area contributed by atoms with Crippen LogP contribution in [-0.4, -0.2) is 5.71 Å². The number of thiophene rings is 1. The molecular formula is C40H36ClNS. The minimum atomic E-state index is -0.00645. The molecule has 0 radical (unpaired) electrons. The van der Waals surface area contributed by atoms with E-state index in [0.717, 1.165) is 42.0 Å². The van der Waals surface area contributed by atoms with Crippen LogP contribution < -0.4 is 0 Å². The normalized spacial score (nSPS) is 22.0. The highest BCUT2D eigenvalue weighted by Gasteiger charge is 2.30. The first-order chi connectivity index (χ1) is 21.1. The van der Waals surface area contributed by atoms with Crippen molar-refractivity contribution in [3.63, 3.8) is 0 Å². The zero-order valence-electron chi connectivity index (χ0n) is 24.8. The van der Waals surface area contributed by atoms with Gasteiger partial charge >= 0.3 is 0 Å². The van der Waals surface area contributed by atoms with Gasteiger partial charge in [-0.05, 0) is 71.7 Å². The lowest BCUT2D eigenvalue weighted by Crippen LogP contribution is -2.22. The van der Waals surface area contributed by atoms with Gasteiger partial charge in [0.05, 0.1) is 11.1 Å². The number of hydrogen-bond donors (Lipinski definition) is 0. The molecule has 0 bridgehead atoms. The average Bonchev–Trinajstić information content (AvgIpc) is 3.41. The molecule has 7 rings (SSSR count). The number of aliphatic imine (C=N–C) groups is 1. The Kier molecular flexibility index (Phi) is 7.91. The molecule has 1 aliphatic heterocycles. The highest BCUT2D eigenvalue weighted by atomic mass is 35.5. The van der Waals surface area contributed by atoms with Crippen molar-refractivity contribution in [2.24, 2.45) is 16.8 Å². The van der Waals surface area contributed by atoms with Crippen molar-refractivity contribution in [2.45, 2.75) is 45.6 Å². The molecule has 43 heavy (non-hydrogen) atoms. The van der Waals surface area contributed by atoms with Gasteiger partial charge in [0.25, 0.3) is 0 Å². The summed E-state index contributed by atoms with van der Waals surface area (Å²) in [6.07, 6.45) is 13.5. The van der Waals surface area contributed by atoms with Crippen LogP contribution in [0.15, 0.2) is 120 Å². The molecule has 0 N–H and O–H groups in total. The largest absolute Gasteiger partial charge is 0.280 e. The summed E-state index contributed by atoms with van der Waals surface area (Å²) in [5.41, 5.74) is 8.74. The van der Waals surface area contributed by atoms with Crippen LogP contribution in [-0.2, 0) is 0 Å². The number of halogens is 1. The summed E-state index contributed by atoms with van der Waals surface area (Å²) in [5.74, 6) is 0.469. The molecular weight excluding hydrogens is 562 g/mol. The lowest BCUT2D eigenvalue weighted by atomic mass is 9.78. The Bertz CT molecular complexity index is 1910. The highest BCUT2D eigenvalue weighted by Crippen LogP contribution is 2.44. The van der Waals surface area contributed by atoms with Gasteiger partial charge in [-0.15, -0.1) is 11.3 Å². The molecule has 214 valence electrons. The quantitative estimate of drug-likeness (QED) is 0.191. The van der Waals surface area contributed by atoms with Crippen LogP contribution in [0.3, 0.4) is 0 Å². The van der Waals surface area contributed by atoms with Gasteiger partial charge in [-0.2, -0.15) is 0 Å². The molecule has 1 nitrogen and oxygen atoms in total. The third-order valence-electron chi connectivity index (χ3n) is 9.09. The van der Waals surface area contributed by atoms with Crippen molar-refractivity contribution in [3.8, 4) is 0 Å². The number of benzene rings is 4. The van der Waals surface area contributed by atoms with Crippen LogP contribution in [0.2, 0.25) is 5.02 Å². The number of rotatable bonds is 5. The van der Waals surface area contributed by atoms with E-state index in [0.29, 0.717) is 0 Å². The molecule has 2 aliphatic rings. The monoisotopic (exact) mass is 597 g/mol. The molecule has 5 aromatic rings. The van der Waals surface area contributed by atoms with Crippen molar-refractivity contribution < 1.29 is 0 Å². The summed E-state index contributed by atoms with van der Waals surface area (Å²) in [4.78, 5) is 5.68. The second kappa shape index (κ2) is 12.1. The minimum Gasteiger partial charge on any atom is -0.280 e. The molecule has 4 aromatic carbocycles. The van der Waals surface area contributed by atoms with E-state index in [-0.39, 0.29) is 17.9 Å². The fraction of sp³-hybridized carbons (Fsp3) is 0.225. The van der Waals surface area contributed by atoms with Crippen LogP contribution in [0.1, 0.15) is 67.8 Å². The van der Waals surface area contributed by atoms with Crippen molar-refractivity contribution in [1.29, 1.82) is 0 Å². The van der Waals surface area contributed by atoms with Crippen LogP contribution in [0.25, 0.3) is 31.3 Å². The molecule has 0 fully saturated rings. The van der Waals surface area contributed by atoms with Crippen LogP contribution in [0, 0.1) is 11.8 Å². The Labute approximate surface area is 264 Å². The van der Waals surface area contributed by atoms with Gasteiger partial charge in [-0.25, -0.2) is 0 Å². The predicted molar refractivity (Wildman–Crippen MR) is 188 cm³/mol. The van der Waals surface area contributed by atoms with Crippen LogP contribution >= 0.6 is 22.9 Å². The molecule has 2 unspecified atom stereocenters. The van der Waals surface area contributed by atoms with E-state index in [1.807, 2.05) is 11.3 Å². The third-order valence-corrected chi connectivity index (χ3v) is 10.5. The fourth-order valence-corrected chi connectivity index (χ4v) is 8.18. The second-order valence-corrected chi connectivity index (χ2v) is 13.3. The first-order valence-corrected chi connectivity index (χ1v) is 16.7. The maximum atomic E-state index is 7.12. The number of nitrogens with zero attached hydrogens (tertiary/aromatic N) is 1. The zero-order valence-corrected chi connectivity index (χ0v) is 26.3. The standard InChI is InChI=1S/C40H36ClNS/c1-3-31-32(29-21-19-28(20-22-29)27-12-6-4-7-13-27)23-18-26(2)39(42-40(31)30-14-8-5-9-15-30)35-25-38-34(24-36(35)41)33-16-10-11-17-37(33)43-38/h5-6,8-17,19-26,31,40H,3-4,7,18H2,1-2H3/b32-23+,42-39?/t26?,31-,40?/m0/s1. The van der Waals surface area contributed by atoms with Crippen LogP contribution in [0.4, 0.5) is 0 Å². The molecule has 0 saturated carbocycles. The van der Waals surface area contributed by atoms with E-state index in [9.17, 15) is 0 Å². The van der Waals surface area contributed by atoms with E-state index in [2.05, 4.69) is 129 Å². The van der Waals surface area contributed by atoms with E-state index in [1.54, 1.807) is 0 Å². The highest BCUT2D eigenvalue weighted by molar-refractivity contribution is 7.25. The Balaban J connectivity index is 1.33. The number of allylic oxidation sites excluding steroid dienone is 5. The Morgan fingerprint density at radius 2 is 1.58 bits per heavy atom. The summed E-state index contributed by atoms with van der Waals surface area (Å²) in [7, 11) is 0. The van der Waals surface area contributed by atoms with Gasteiger partial charge < -0.3 is 0 Å². The smallest absolute Gasteiger partial charge is 0.0821 e. The Morgan fingerprint density at radius 3 is 2.35 bits per heavy atom. The summed E-state index contributed by atoms with van der Waals surface area (Å²) in [5, 5.41) is 3.28. The molecule has 3 atom stereocenters. The predicted octanol–water partition coefficient (Wildman–Crippen LogP) is 12.1. The maximum absolute atomic E-state index is 7.12. The van der Waals surface area contributed by atoms with Gasteiger partial charge in [0.15, 0.2) is 0 Å². The van der Waals surface area contributed by atoms with E-state index < -0.39 is 0 Å². The van der Waals surface area contributed by atoms with Gasteiger partial charge in [0, 0.05) is 43.3 Å². The molecule has 0 saturated heterocycles. The van der Waals surface area contributed by atoms with Gasteiger partial charge in [-0.1, -0.05) is 123 Å². The first kappa shape index (κ1) is 28.1. The summed E-state index contributed by atoms with van der Waals surface area (Å²) in [6.45, 7) is 4.61. The molecule has 1 aliphatic carbocycles. The second-order valence-electron chi connectivity index (χ2n) is 11.8. The summed E-state index contributed by atoms with van der Waals surface area (Å²) < 4.78 is 2.56. The third kappa shape index (κ3) is 5.44. The van der Waals surface area contributed by atoms with Crippen LogP contribution in [0.5, 0.6) is 0 Å². The van der Waals surface area contributed by atoms with E-state index >= 15 is 0 Å². The Hall–Kier alpha value is -3.72. The van der Waals surface area contributed by atoms with Gasteiger partial charge in [-0.3, -0.25) is 4.99 Å². The van der Waals surface area contributed by atoms with Gasteiger partial charge in [0.2, 0.25) is 0 Å². The van der Waals surface area contributed by atoms with Gasteiger partial charge in [0.1, 0.15) is 0 Å². The average molecular weight is 598 g/mol. The molecule has 1 aromatic heterocycles. The lowest BCUT2D eigenvalue weighted by molar-refractivity contribution is 0.514. The number of fused-ring (bicyclic) bond motifs is 3.